The van der Waals surface area contributed by atoms with Gasteiger partial charge in [-0.25, -0.2) is 10.9 Å². The highest BCUT2D eigenvalue weighted by Gasteiger charge is 2.13. The number of carbonyl (C=O) groups is 2. The minimum Gasteiger partial charge on any atom is -0.492 e. The van der Waals surface area contributed by atoms with E-state index in [2.05, 4.69) is 84.8 Å². The summed E-state index contributed by atoms with van der Waals surface area (Å²) in [6, 6.07) is 7.18. The van der Waals surface area contributed by atoms with E-state index in [-0.39, 0.29) is 0 Å². The molecule has 0 aliphatic carbocycles. The molecule has 170 valence electrons. The molecule has 12 heteroatoms. The molecule has 0 saturated carbocycles. The fourth-order valence-electron chi connectivity index (χ4n) is 2.37. The number of nitrogens with one attached hydrogen (secondary N) is 2. The third kappa shape index (κ3) is 7.68. The van der Waals surface area contributed by atoms with Crippen LogP contribution in [0.1, 0.15) is 25.0 Å². The van der Waals surface area contributed by atoms with Crippen LogP contribution in [-0.2, 0) is 9.59 Å². The number of amides is 2. The highest BCUT2D eigenvalue weighted by Crippen LogP contribution is 2.33. The van der Waals surface area contributed by atoms with Crippen LogP contribution in [0.15, 0.2) is 52.4 Å². The quantitative estimate of drug-likeness (QED) is 0.227. The van der Waals surface area contributed by atoms with Crippen LogP contribution in [0.5, 0.6) is 11.5 Å². The Labute approximate surface area is 218 Å². The fourth-order valence-corrected chi connectivity index (χ4v) is 5.11. The standard InChI is InChI=1S/C20H18Br4N4O4/c1-3-31-17-11(5-13(21)7-15(17)23)9-25-27-19(29)20(30)28-26-10-12-6-14(22)8-16(24)18(12)32-4-2/h5-10H,3-4H2,1-2H3,(H,27,29)(H,28,30)/b25-9+,26-10+. The van der Waals surface area contributed by atoms with E-state index in [1.54, 1.807) is 12.1 Å². The molecule has 0 bridgehead atoms. The molecule has 2 aromatic rings. The van der Waals surface area contributed by atoms with Gasteiger partial charge in [-0.05, 0) is 70.0 Å². The molecule has 2 N–H and O–H groups in total. The normalized spacial score (nSPS) is 11.1. The van der Waals surface area contributed by atoms with Crippen molar-refractivity contribution >= 4 is 88.0 Å². The van der Waals surface area contributed by atoms with Crippen LogP contribution in [0.25, 0.3) is 0 Å². The summed E-state index contributed by atoms with van der Waals surface area (Å²) in [6.45, 7) is 4.61. The van der Waals surface area contributed by atoms with Crippen LogP contribution in [0.4, 0.5) is 0 Å². The Morgan fingerprint density at radius 2 is 1.16 bits per heavy atom. The van der Waals surface area contributed by atoms with Crippen molar-refractivity contribution in [3.8, 4) is 11.5 Å². The van der Waals surface area contributed by atoms with Gasteiger partial charge in [0.1, 0.15) is 11.5 Å². The van der Waals surface area contributed by atoms with Crippen molar-refractivity contribution in [1.29, 1.82) is 0 Å². The third-order valence-electron chi connectivity index (χ3n) is 3.60. The average molecular weight is 698 g/mol. The molecule has 0 aromatic heterocycles. The van der Waals surface area contributed by atoms with E-state index in [1.807, 2.05) is 26.0 Å². The lowest BCUT2D eigenvalue weighted by Crippen LogP contribution is -2.35. The highest BCUT2D eigenvalue weighted by molar-refractivity contribution is 9.11. The molecule has 0 unspecified atom stereocenters. The van der Waals surface area contributed by atoms with Gasteiger partial charge in [0, 0.05) is 20.1 Å². The molecular formula is C20H18Br4N4O4. The Kier molecular flexibility index (Phi) is 10.8. The average Bonchev–Trinajstić information content (AvgIpc) is 2.72. The summed E-state index contributed by atoms with van der Waals surface area (Å²) >= 11 is 13.6. The smallest absolute Gasteiger partial charge is 0.331 e. The maximum absolute atomic E-state index is 12.0. The van der Waals surface area contributed by atoms with Gasteiger partial charge in [-0.15, -0.1) is 0 Å². The molecule has 0 spiro atoms. The van der Waals surface area contributed by atoms with E-state index in [9.17, 15) is 9.59 Å². The van der Waals surface area contributed by atoms with Crippen LogP contribution < -0.4 is 20.3 Å². The number of hydrogen-bond donors (Lipinski definition) is 2. The Morgan fingerprint density at radius 3 is 1.50 bits per heavy atom. The molecule has 2 amide bonds. The third-order valence-corrected chi connectivity index (χ3v) is 5.69. The molecule has 0 aliphatic heterocycles. The Morgan fingerprint density at radius 1 is 0.781 bits per heavy atom. The van der Waals surface area contributed by atoms with Gasteiger partial charge >= 0.3 is 11.8 Å². The topological polar surface area (TPSA) is 101 Å². The first-order valence-corrected chi connectivity index (χ1v) is 12.3. The number of hydrazone groups is 2. The van der Waals surface area contributed by atoms with Gasteiger partial charge in [-0.3, -0.25) is 9.59 Å². The van der Waals surface area contributed by atoms with Gasteiger partial charge in [0.15, 0.2) is 0 Å². The summed E-state index contributed by atoms with van der Waals surface area (Å²) < 4.78 is 14.2. The van der Waals surface area contributed by atoms with Crippen molar-refractivity contribution in [2.75, 3.05) is 13.2 Å². The van der Waals surface area contributed by atoms with Crippen LogP contribution >= 0.6 is 63.7 Å². The van der Waals surface area contributed by atoms with E-state index >= 15 is 0 Å². The van der Waals surface area contributed by atoms with Gasteiger partial charge < -0.3 is 9.47 Å². The zero-order valence-electron chi connectivity index (χ0n) is 16.9. The first-order valence-electron chi connectivity index (χ1n) is 9.16. The van der Waals surface area contributed by atoms with E-state index in [0.29, 0.717) is 35.8 Å². The highest BCUT2D eigenvalue weighted by atomic mass is 79.9. The Hall–Kier alpha value is -1.76. The minimum atomic E-state index is -0.981. The zero-order chi connectivity index (χ0) is 23.7. The zero-order valence-corrected chi connectivity index (χ0v) is 23.3. The second-order valence-electron chi connectivity index (χ2n) is 5.88. The van der Waals surface area contributed by atoms with Gasteiger partial charge in [0.25, 0.3) is 0 Å². The minimum absolute atomic E-state index is 0.452. The van der Waals surface area contributed by atoms with Crippen LogP contribution in [-0.4, -0.2) is 37.5 Å². The number of rotatable bonds is 8. The lowest BCUT2D eigenvalue weighted by Gasteiger charge is -2.10. The first kappa shape index (κ1) is 26.5. The predicted molar refractivity (Wildman–Crippen MR) is 137 cm³/mol. The molecule has 0 radical (unpaired) electrons. The molecule has 0 saturated heterocycles. The lowest BCUT2D eigenvalue weighted by atomic mass is 10.2. The molecule has 0 aliphatic rings. The molecular weight excluding hydrogens is 680 g/mol. The van der Waals surface area contributed by atoms with Crippen molar-refractivity contribution in [1.82, 2.24) is 10.9 Å². The van der Waals surface area contributed by atoms with Crippen molar-refractivity contribution in [3.05, 3.63) is 53.3 Å². The monoisotopic (exact) mass is 694 g/mol. The van der Waals surface area contributed by atoms with Gasteiger partial charge in [0.2, 0.25) is 0 Å². The Balaban J connectivity index is 2.03. The van der Waals surface area contributed by atoms with Crippen molar-refractivity contribution < 1.29 is 19.1 Å². The predicted octanol–water partition coefficient (Wildman–Crippen LogP) is 5.13. The van der Waals surface area contributed by atoms with E-state index in [4.69, 9.17) is 9.47 Å². The number of nitrogens with zero attached hydrogens (tertiary/aromatic N) is 2. The number of halogens is 4. The summed E-state index contributed by atoms with van der Waals surface area (Å²) in [5.41, 5.74) is 5.53. The van der Waals surface area contributed by atoms with Crippen LogP contribution in [0, 0.1) is 0 Å². The lowest BCUT2D eigenvalue weighted by molar-refractivity contribution is -0.139. The molecule has 0 fully saturated rings. The molecule has 0 heterocycles. The number of carbonyl (C=O) groups excluding carboxylic acids is 2. The van der Waals surface area contributed by atoms with Crippen molar-refractivity contribution in [2.45, 2.75) is 13.8 Å². The molecule has 0 atom stereocenters. The van der Waals surface area contributed by atoms with E-state index in [1.165, 1.54) is 12.4 Å². The van der Waals surface area contributed by atoms with Crippen molar-refractivity contribution in [2.24, 2.45) is 10.2 Å². The summed E-state index contributed by atoms with van der Waals surface area (Å²) in [4.78, 5) is 24.0. The van der Waals surface area contributed by atoms with Gasteiger partial charge in [0.05, 0.1) is 34.6 Å². The molecule has 2 rings (SSSR count). The summed E-state index contributed by atoms with van der Waals surface area (Å²) in [6.07, 6.45) is 2.75. The first-order chi connectivity index (χ1) is 15.3. The Bertz CT molecular complexity index is 977. The molecule has 8 nitrogen and oxygen atoms in total. The summed E-state index contributed by atoms with van der Waals surface area (Å²) in [7, 11) is 0. The number of hydrogen-bond acceptors (Lipinski definition) is 6. The fraction of sp³-hybridized carbons (Fsp3) is 0.200. The number of ether oxygens (including phenoxy) is 2. The molecule has 32 heavy (non-hydrogen) atoms. The van der Waals surface area contributed by atoms with Crippen molar-refractivity contribution in [3.63, 3.8) is 0 Å². The van der Waals surface area contributed by atoms with Gasteiger partial charge in [-0.2, -0.15) is 10.2 Å². The van der Waals surface area contributed by atoms with Crippen LogP contribution in [0.3, 0.4) is 0 Å². The summed E-state index contributed by atoms with van der Waals surface area (Å²) in [5.74, 6) is -0.835. The molecule has 2 aromatic carbocycles. The largest absolute Gasteiger partial charge is 0.492 e. The van der Waals surface area contributed by atoms with Crippen LogP contribution in [0.2, 0.25) is 0 Å². The van der Waals surface area contributed by atoms with E-state index < -0.39 is 11.8 Å². The maximum atomic E-state index is 12.0. The second kappa shape index (κ2) is 13.1. The summed E-state index contributed by atoms with van der Waals surface area (Å²) in [5, 5.41) is 7.65. The SMILES string of the molecule is CCOc1c(Br)cc(Br)cc1/C=N/NC(=O)C(=O)N/N=C/c1cc(Br)cc(Br)c1OCC. The number of benzene rings is 2. The maximum Gasteiger partial charge on any atom is 0.331 e. The second-order valence-corrected chi connectivity index (χ2v) is 9.42. The van der Waals surface area contributed by atoms with E-state index in [0.717, 1.165) is 17.9 Å². The van der Waals surface area contributed by atoms with Gasteiger partial charge in [-0.1, -0.05) is 31.9 Å².